The summed E-state index contributed by atoms with van der Waals surface area (Å²) in [5.41, 5.74) is 1.13. The highest BCUT2D eigenvalue weighted by molar-refractivity contribution is 5.48. The number of hydrogen-bond donors (Lipinski definition) is 1. The first kappa shape index (κ1) is 14.2. The van der Waals surface area contributed by atoms with Crippen LogP contribution in [-0.2, 0) is 4.74 Å². The highest BCUT2D eigenvalue weighted by Gasteiger charge is 2.09. The maximum Gasteiger partial charge on any atom is 0.121 e. The van der Waals surface area contributed by atoms with E-state index in [2.05, 4.69) is 29.3 Å². The third-order valence-corrected chi connectivity index (χ3v) is 3.17. The third kappa shape index (κ3) is 5.09. The molecule has 0 radical (unpaired) electrons. The Morgan fingerprint density at radius 3 is 2.95 bits per heavy atom. The Morgan fingerprint density at radius 1 is 1.32 bits per heavy atom. The average molecular weight is 264 g/mol. The van der Waals surface area contributed by atoms with E-state index >= 15 is 0 Å². The smallest absolute Gasteiger partial charge is 0.121 e. The van der Waals surface area contributed by atoms with Crippen LogP contribution in [0.2, 0.25) is 0 Å². The summed E-state index contributed by atoms with van der Waals surface area (Å²) >= 11 is 0. The lowest BCUT2D eigenvalue weighted by molar-refractivity contribution is 0.0398. The van der Waals surface area contributed by atoms with E-state index in [9.17, 15) is 0 Å². The molecule has 0 aliphatic carbocycles. The van der Waals surface area contributed by atoms with Gasteiger partial charge in [-0.25, -0.2) is 0 Å². The molecule has 0 amide bonds. The lowest BCUT2D eigenvalue weighted by Gasteiger charge is -2.26. The number of nitrogens with one attached hydrogen (secondary N) is 1. The van der Waals surface area contributed by atoms with Crippen molar-refractivity contribution in [2.24, 2.45) is 0 Å². The molecule has 0 unspecified atom stereocenters. The van der Waals surface area contributed by atoms with Gasteiger partial charge in [0.05, 0.1) is 19.8 Å². The molecule has 106 valence electrons. The lowest BCUT2D eigenvalue weighted by atomic mass is 10.3. The van der Waals surface area contributed by atoms with E-state index in [1.165, 1.54) is 0 Å². The van der Waals surface area contributed by atoms with E-state index < -0.39 is 0 Å². The summed E-state index contributed by atoms with van der Waals surface area (Å²) in [7, 11) is 0. The molecule has 0 spiro atoms. The highest BCUT2D eigenvalue weighted by Crippen LogP contribution is 2.17. The van der Waals surface area contributed by atoms with Gasteiger partial charge in [0.25, 0.3) is 0 Å². The average Bonchev–Trinajstić information content (AvgIpc) is 2.47. The van der Waals surface area contributed by atoms with Gasteiger partial charge in [-0.1, -0.05) is 13.0 Å². The largest absolute Gasteiger partial charge is 0.494 e. The van der Waals surface area contributed by atoms with Gasteiger partial charge in [-0.2, -0.15) is 0 Å². The Kier molecular flexibility index (Phi) is 5.98. The number of ether oxygens (including phenoxy) is 2. The van der Waals surface area contributed by atoms with E-state index in [1.54, 1.807) is 0 Å². The minimum atomic E-state index is 0.775. The summed E-state index contributed by atoms with van der Waals surface area (Å²) < 4.78 is 11.0. The molecule has 4 nitrogen and oxygen atoms in total. The predicted octanol–water partition coefficient (Wildman–Crippen LogP) is 2.22. The van der Waals surface area contributed by atoms with E-state index in [0.29, 0.717) is 0 Å². The molecule has 1 aliphatic rings. The van der Waals surface area contributed by atoms with Crippen LogP contribution < -0.4 is 10.1 Å². The fourth-order valence-corrected chi connectivity index (χ4v) is 2.10. The fourth-order valence-electron chi connectivity index (χ4n) is 2.10. The van der Waals surface area contributed by atoms with Gasteiger partial charge in [0.15, 0.2) is 0 Å². The van der Waals surface area contributed by atoms with Gasteiger partial charge in [0.1, 0.15) is 5.75 Å². The maximum absolute atomic E-state index is 5.63. The Bertz CT molecular complexity index is 365. The normalized spacial score (nSPS) is 16.3. The van der Waals surface area contributed by atoms with Gasteiger partial charge in [-0.3, -0.25) is 4.90 Å². The second-order valence-electron chi connectivity index (χ2n) is 4.76. The van der Waals surface area contributed by atoms with E-state index in [0.717, 1.165) is 63.9 Å². The monoisotopic (exact) mass is 264 g/mol. The fraction of sp³-hybridized carbons (Fsp3) is 0.600. The molecule has 4 heteroatoms. The molecule has 2 rings (SSSR count). The third-order valence-electron chi connectivity index (χ3n) is 3.17. The predicted molar refractivity (Wildman–Crippen MR) is 78.0 cm³/mol. The molecule has 0 atom stereocenters. The molecule has 1 heterocycles. The van der Waals surface area contributed by atoms with Crippen LogP contribution in [0.25, 0.3) is 0 Å². The molecule has 1 N–H and O–H groups in total. The first-order valence-electron chi connectivity index (χ1n) is 7.15. The number of rotatable bonds is 7. The Morgan fingerprint density at radius 2 is 2.16 bits per heavy atom. The quantitative estimate of drug-likeness (QED) is 0.819. The number of hydrogen-bond acceptors (Lipinski definition) is 4. The van der Waals surface area contributed by atoms with Crippen molar-refractivity contribution >= 4 is 5.69 Å². The van der Waals surface area contributed by atoms with Crippen LogP contribution in [0.1, 0.15) is 13.3 Å². The molecular formula is C15H24N2O2. The minimum absolute atomic E-state index is 0.775. The molecule has 1 fully saturated rings. The molecule has 0 bridgehead atoms. The number of nitrogens with zero attached hydrogens (tertiary/aromatic N) is 1. The van der Waals surface area contributed by atoms with Crippen molar-refractivity contribution in [3.63, 3.8) is 0 Å². The summed E-state index contributed by atoms with van der Waals surface area (Å²) in [6, 6.07) is 8.18. The molecule has 1 saturated heterocycles. The minimum Gasteiger partial charge on any atom is -0.494 e. The molecule has 1 aromatic carbocycles. The van der Waals surface area contributed by atoms with Crippen molar-refractivity contribution in [1.29, 1.82) is 0 Å². The molecule has 1 aliphatic heterocycles. The van der Waals surface area contributed by atoms with Crippen LogP contribution in [0.4, 0.5) is 5.69 Å². The van der Waals surface area contributed by atoms with Crippen LogP contribution in [-0.4, -0.2) is 50.9 Å². The van der Waals surface area contributed by atoms with Crippen molar-refractivity contribution < 1.29 is 9.47 Å². The topological polar surface area (TPSA) is 33.7 Å². The first-order valence-corrected chi connectivity index (χ1v) is 7.15. The second kappa shape index (κ2) is 8.02. The summed E-state index contributed by atoms with van der Waals surface area (Å²) in [6.07, 6.45) is 1.04. The number of benzene rings is 1. The molecule has 19 heavy (non-hydrogen) atoms. The lowest BCUT2D eigenvalue weighted by Crippen LogP contribution is -2.38. The van der Waals surface area contributed by atoms with Crippen molar-refractivity contribution in [1.82, 2.24) is 4.90 Å². The van der Waals surface area contributed by atoms with E-state index in [1.807, 2.05) is 12.1 Å². The SMILES string of the molecule is CCCOc1cccc(NCCN2CCOCC2)c1. The summed E-state index contributed by atoms with van der Waals surface area (Å²) in [5, 5.41) is 3.45. The van der Waals surface area contributed by atoms with Crippen LogP contribution in [0.3, 0.4) is 0 Å². The number of morpholine rings is 1. The van der Waals surface area contributed by atoms with Gasteiger partial charge in [0.2, 0.25) is 0 Å². The van der Waals surface area contributed by atoms with Crippen LogP contribution in [0.5, 0.6) is 5.75 Å². The molecular weight excluding hydrogens is 240 g/mol. The summed E-state index contributed by atoms with van der Waals surface area (Å²) in [4.78, 5) is 2.42. The standard InChI is InChI=1S/C15H24N2O2/c1-2-10-19-15-5-3-4-14(13-15)16-6-7-17-8-11-18-12-9-17/h3-5,13,16H,2,6-12H2,1H3. The van der Waals surface area contributed by atoms with Crippen molar-refractivity contribution in [3.8, 4) is 5.75 Å². The second-order valence-corrected chi connectivity index (χ2v) is 4.76. The van der Waals surface area contributed by atoms with Gasteiger partial charge in [0, 0.05) is 37.9 Å². The van der Waals surface area contributed by atoms with Crippen LogP contribution in [0.15, 0.2) is 24.3 Å². The van der Waals surface area contributed by atoms with Gasteiger partial charge in [-0.15, -0.1) is 0 Å². The van der Waals surface area contributed by atoms with Gasteiger partial charge >= 0.3 is 0 Å². The zero-order valence-electron chi connectivity index (χ0n) is 11.7. The van der Waals surface area contributed by atoms with Crippen molar-refractivity contribution in [3.05, 3.63) is 24.3 Å². The van der Waals surface area contributed by atoms with Crippen molar-refractivity contribution in [2.45, 2.75) is 13.3 Å². The zero-order valence-corrected chi connectivity index (χ0v) is 11.7. The Balaban J connectivity index is 1.72. The molecule has 0 aromatic heterocycles. The Hall–Kier alpha value is -1.26. The number of anilines is 1. The molecule has 0 saturated carbocycles. The van der Waals surface area contributed by atoms with E-state index in [4.69, 9.17) is 9.47 Å². The summed E-state index contributed by atoms with van der Waals surface area (Å²) in [5.74, 6) is 0.943. The highest BCUT2D eigenvalue weighted by atomic mass is 16.5. The van der Waals surface area contributed by atoms with Crippen LogP contribution >= 0.6 is 0 Å². The van der Waals surface area contributed by atoms with Crippen LogP contribution in [0, 0.1) is 0 Å². The first-order chi connectivity index (χ1) is 9.38. The Labute approximate surface area is 115 Å². The van der Waals surface area contributed by atoms with E-state index in [-0.39, 0.29) is 0 Å². The maximum atomic E-state index is 5.63. The van der Waals surface area contributed by atoms with Crippen molar-refractivity contribution in [2.75, 3.05) is 51.3 Å². The summed E-state index contributed by atoms with van der Waals surface area (Å²) in [6.45, 7) is 8.71. The molecule has 1 aromatic rings. The van der Waals surface area contributed by atoms with Gasteiger partial charge < -0.3 is 14.8 Å². The van der Waals surface area contributed by atoms with Gasteiger partial charge in [-0.05, 0) is 18.6 Å². The zero-order chi connectivity index (χ0) is 13.3.